The van der Waals surface area contributed by atoms with Crippen LogP contribution in [0, 0.1) is 29.1 Å². The molecule has 0 spiro atoms. The first-order valence-electron chi connectivity index (χ1n) is 9.01. The molecule has 0 aromatic rings. The predicted molar refractivity (Wildman–Crippen MR) is 83.1 cm³/mol. The van der Waals surface area contributed by atoms with E-state index in [4.69, 9.17) is 0 Å². The lowest BCUT2D eigenvalue weighted by Gasteiger charge is -2.54. The Kier molecular flexibility index (Phi) is 3.34. The number of ketones is 2. The molecule has 0 aliphatic heterocycles. The van der Waals surface area contributed by atoms with Crippen LogP contribution < -0.4 is 0 Å². The number of fused-ring (bicyclic) bond motifs is 5. The maximum atomic E-state index is 12.5. The van der Waals surface area contributed by atoms with Gasteiger partial charge in [0.25, 0.3) is 0 Å². The first kappa shape index (κ1) is 14.6. The molecule has 1 N–H and O–H groups in total. The third kappa shape index (κ3) is 1.84. The van der Waals surface area contributed by atoms with Gasteiger partial charge in [0.1, 0.15) is 5.78 Å². The van der Waals surface area contributed by atoms with Crippen LogP contribution in [0.1, 0.15) is 58.3 Å². The SMILES string of the molecule is CC[C@]12CC(O)[C@H]3[C@@H](CCC4=CC(=O)CC[C@@H]43)[C@@H]1CCC2=O. The highest BCUT2D eigenvalue weighted by Crippen LogP contribution is 2.61. The highest BCUT2D eigenvalue weighted by Gasteiger charge is 2.60. The van der Waals surface area contributed by atoms with Crippen molar-refractivity contribution in [1.29, 1.82) is 0 Å². The van der Waals surface area contributed by atoms with E-state index in [0.29, 0.717) is 42.8 Å². The van der Waals surface area contributed by atoms with Gasteiger partial charge in [0, 0.05) is 18.3 Å². The molecule has 4 aliphatic rings. The molecule has 3 saturated carbocycles. The van der Waals surface area contributed by atoms with Crippen LogP contribution in [-0.4, -0.2) is 22.8 Å². The minimum atomic E-state index is -0.370. The van der Waals surface area contributed by atoms with Gasteiger partial charge in [0.15, 0.2) is 5.78 Å². The summed E-state index contributed by atoms with van der Waals surface area (Å²) >= 11 is 0. The molecule has 0 amide bonds. The van der Waals surface area contributed by atoms with Crippen molar-refractivity contribution < 1.29 is 14.7 Å². The van der Waals surface area contributed by atoms with E-state index in [9.17, 15) is 14.7 Å². The lowest BCUT2D eigenvalue weighted by Crippen LogP contribution is -2.54. The maximum absolute atomic E-state index is 12.5. The van der Waals surface area contributed by atoms with Gasteiger partial charge >= 0.3 is 0 Å². The monoisotopic (exact) mass is 302 g/mol. The Labute approximate surface area is 132 Å². The van der Waals surface area contributed by atoms with Crippen molar-refractivity contribution in [2.24, 2.45) is 29.1 Å². The van der Waals surface area contributed by atoms with E-state index in [1.54, 1.807) is 0 Å². The van der Waals surface area contributed by atoms with E-state index >= 15 is 0 Å². The summed E-state index contributed by atoms with van der Waals surface area (Å²) in [6.07, 6.45) is 8.34. The summed E-state index contributed by atoms with van der Waals surface area (Å²) < 4.78 is 0. The Hall–Kier alpha value is -0.960. The van der Waals surface area contributed by atoms with Gasteiger partial charge < -0.3 is 5.11 Å². The van der Waals surface area contributed by atoms with Gasteiger partial charge in [0.05, 0.1) is 6.10 Å². The Balaban J connectivity index is 1.70. The maximum Gasteiger partial charge on any atom is 0.155 e. The zero-order valence-electron chi connectivity index (χ0n) is 13.4. The van der Waals surface area contributed by atoms with Crippen LogP contribution in [0.2, 0.25) is 0 Å². The predicted octanol–water partition coefficient (Wildman–Crippen LogP) is 3.06. The third-order valence-electron chi connectivity index (χ3n) is 7.36. The van der Waals surface area contributed by atoms with Gasteiger partial charge in [-0.15, -0.1) is 0 Å². The molecule has 4 rings (SSSR count). The van der Waals surface area contributed by atoms with E-state index in [0.717, 1.165) is 32.1 Å². The summed E-state index contributed by atoms with van der Waals surface area (Å²) in [7, 11) is 0. The van der Waals surface area contributed by atoms with Crippen LogP contribution >= 0.6 is 0 Å². The van der Waals surface area contributed by atoms with Gasteiger partial charge in [-0.25, -0.2) is 0 Å². The normalized spacial score (nSPS) is 47.5. The molecular weight excluding hydrogens is 276 g/mol. The Morgan fingerprint density at radius 2 is 2.00 bits per heavy atom. The summed E-state index contributed by atoms with van der Waals surface area (Å²) in [5.41, 5.74) is 1.04. The van der Waals surface area contributed by atoms with Gasteiger partial charge in [0.2, 0.25) is 0 Å². The second kappa shape index (κ2) is 5.02. The van der Waals surface area contributed by atoms with Crippen LogP contribution in [0.15, 0.2) is 11.6 Å². The Bertz CT molecular complexity index is 549. The highest BCUT2D eigenvalue weighted by atomic mass is 16.3. The molecule has 22 heavy (non-hydrogen) atoms. The molecule has 120 valence electrons. The van der Waals surface area contributed by atoms with Crippen LogP contribution in [-0.2, 0) is 9.59 Å². The van der Waals surface area contributed by atoms with Crippen molar-refractivity contribution in [3.8, 4) is 0 Å². The second-order valence-electron chi connectivity index (χ2n) is 7.96. The number of aliphatic hydroxyl groups is 1. The number of rotatable bonds is 1. The Morgan fingerprint density at radius 1 is 1.18 bits per heavy atom. The number of hydrogen-bond donors (Lipinski definition) is 1. The number of Topliss-reactive ketones (excluding diaryl/α,β-unsaturated/α-hetero) is 1. The second-order valence-corrected chi connectivity index (χ2v) is 7.96. The minimum Gasteiger partial charge on any atom is -0.393 e. The van der Waals surface area contributed by atoms with Crippen molar-refractivity contribution in [2.75, 3.05) is 0 Å². The molecule has 0 heterocycles. The van der Waals surface area contributed by atoms with E-state index in [2.05, 4.69) is 6.92 Å². The number of hydrogen-bond acceptors (Lipinski definition) is 3. The van der Waals surface area contributed by atoms with Crippen molar-refractivity contribution in [1.82, 2.24) is 0 Å². The van der Waals surface area contributed by atoms with Gasteiger partial charge in [-0.3, -0.25) is 9.59 Å². The standard InChI is InChI=1S/C19H26O3/c1-2-19-10-16(21)18-13-6-4-12(20)9-11(13)3-5-14(18)15(19)7-8-17(19)22/h9,13-16,18,21H,2-8,10H2,1H3/t13-,14-,15-,16?,18+,19-/m0/s1. The molecule has 3 nitrogen and oxygen atoms in total. The molecule has 6 atom stereocenters. The highest BCUT2D eigenvalue weighted by molar-refractivity contribution is 5.91. The fourth-order valence-electron chi connectivity index (χ4n) is 6.43. The Morgan fingerprint density at radius 3 is 2.77 bits per heavy atom. The molecule has 1 unspecified atom stereocenters. The van der Waals surface area contributed by atoms with Crippen LogP contribution in [0.5, 0.6) is 0 Å². The first-order chi connectivity index (χ1) is 10.6. The van der Waals surface area contributed by atoms with Crippen LogP contribution in [0.3, 0.4) is 0 Å². The third-order valence-corrected chi connectivity index (χ3v) is 7.36. The quantitative estimate of drug-likeness (QED) is 0.810. The van der Waals surface area contributed by atoms with E-state index in [-0.39, 0.29) is 23.2 Å². The minimum absolute atomic E-state index is 0.244. The van der Waals surface area contributed by atoms with E-state index < -0.39 is 0 Å². The topological polar surface area (TPSA) is 54.4 Å². The van der Waals surface area contributed by atoms with Crippen LogP contribution in [0.4, 0.5) is 0 Å². The summed E-state index contributed by atoms with van der Waals surface area (Å²) in [6.45, 7) is 2.12. The van der Waals surface area contributed by atoms with Crippen molar-refractivity contribution in [3.05, 3.63) is 11.6 Å². The van der Waals surface area contributed by atoms with Crippen LogP contribution in [0.25, 0.3) is 0 Å². The smallest absolute Gasteiger partial charge is 0.155 e. The molecule has 0 bridgehead atoms. The van der Waals surface area contributed by atoms with Crippen molar-refractivity contribution >= 4 is 11.6 Å². The first-order valence-corrected chi connectivity index (χ1v) is 9.01. The average molecular weight is 302 g/mol. The number of aliphatic hydroxyl groups excluding tert-OH is 1. The molecule has 3 heteroatoms. The number of carbonyl (C=O) groups is 2. The number of allylic oxidation sites excluding steroid dienone is 1. The number of carbonyl (C=O) groups excluding carboxylic acids is 2. The van der Waals surface area contributed by atoms with E-state index in [1.165, 1.54) is 5.57 Å². The molecule has 0 saturated heterocycles. The lowest BCUT2D eigenvalue weighted by molar-refractivity contribution is -0.143. The summed E-state index contributed by atoms with van der Waals surface area (Å²) in [4.78, 5) is 24.2. The van der Waals surface area contributed by atoms with Gasteiger partial charge in [-0.05, 0) is 68.3 Å². The fourth-order valence-corrected chi connectivity index (χ4v) is 6.43. The molecule has 4 aliphatic carbocycles. The summed E-state index contributed by atoms with van der Waals surface area (Å²) in [5.74, 6) is 2.27. The largest absolute Gasteiger partial charge is 0.393 e. The van der Waals surface area contributed by atoms with Gasteiger partial charge in [-0.1, -0.05) is 12.5 Å². The molecule has 3 fully saturated rings. The fraction of sp³-hybridized carbons (Fsp3) is 0.789. The van der Waals surface area contributed by atoms with Crippen molar-refractivity contribution in [3.63, 3.8) is 0 Å². The summed E-state index contributed by atoms with van der Waals surface area (Å²) in [6, 6.07) is 0. The zero-order valence-corrected chi connectivity index (χ0v) is 13.4. The van der Waals surface area contributed by atoms with Crippen molar-refractivity contribution in [2.45, 2.75) is 64.4 Å². The molecular formula is C19H26O3. The molecule has 0 aromatic heterocycles. The zero-order chi connectivity index (χ0) is 15.5. The summed E-state index contributed by atoms with van der Waals surface area (Å²) in [5, 5.41) is 10.9. The molecule has 0 aromatic carbocycles. The van der Waals surface area contributed by atoms with E-state index in [1.807, 2.05) is 6.08 Å². The molecule has 0 radical (unpaired) electrons. The average Bonchev–Trinajstić information content (AvgIpc) is 2.84. The lowest BCUT2D eigenvalue weighted by atomic mass is 9.50. The van der Waals surface area contributed by atoms with Gasteiger partial charge in [-0.2, -0.15) is 0 Å².